The Morgan fingerprint density at radius 3 is 2.61 bits per heavy atom. The van der Waals surface area contributed by atoms with Crippen molar-refractivity contribution >= 4 is 11.9 Å². The lowest BCUT2D eigenvalue weighted by Gasteiger charge is -2.19. The Morgan fingerprint density at radius 2 is 2.00 bits per heavy atom. The molecule has 6 nitrogen and oxygen atoms in total. The van der Waals surface area contributed by atoms with Crippen LogP contribution in [0.2, 0.25) is 0 Å². The second kappa shape index (κ2) is 9.84. The standard InChI is InChI=1S/C17H26N2O4/c1-4-12(2)16(17(21)22)19-11-15(20)18-10-9-13-7-5-6-8-14(13)23-3/h5-8,12,16,19H,4,9-11H2,1-3H3,(H,18,20)(H,21,22)/t12-,16-/m0/s1. The molecule has 0 bridgehead atoms. The molecule has 3 N–H and O–H groups in total. The number of carbonyl (C=O) groups excluding carboxylic acids is 1. The van der Waals surface area contributed by atoms with E-state index in [0.29, 0.717) is 13.0 Å². The van der Waals surface area contributed by atoms with Crippen LogP contribution in [-0.4, -0.2) is 43.2 Å². The van der Waals surface area contributed by atoms with E-state index < -0.39 is 12.0 Å². The zero-order valence-electron chi connectivity index (χ0n) is 14.0. The van der Waals surface area contributed by atoms with E-state index in [1.54, 1.807) is 7.11 Å². The molecule has 6 heteroatoms. The Morgan fingerprint density at radius 1 is 1.30 bits per heavy atom. The molecular formula is C17H26N2O4. The van der Waals surface area contributed by atoms with Gasteiger partial charge in [-0.1, -0.05) is 38.5 Å². The molecule has 1 amide bonds. The third kappa shape index (κ3) is 6.28. The fourth-order valence-electron chi connectivity index (χ4n) is 2.28. The van der Waals surface area contributed by atoms with Crippen molar-refractivity contribution in [3.05, 3.63) is 29.8 Å². The van der Waals surface area contributed by atoms with E-state index in [1.165, 1.54) is 0 Å². The van der Waals surface area contributed by atoms with Gasteiger partial charge < -0.3 is 15.2 Å². The van der Waals surface area contributed by atoms with E-state index in [0.717, 1.165) is 17.7 Å². The van der Waals surface area contributed by atoms with Crippen molar-refractivity contribution in [1.29, 1.82) is 0 Å². The summed E-state index contributed by atoms with van der Waals surface area (Å²) in [7, 11) is 1.61. The molecule has 0 aliphatic heterocycles. The number of rotatable bonds is 10. The van der Waals surface area contributed by atoms with Gasteiger partial charge in [0.1, 0.15) is 11.8 Å². The first-order valence-electron chi connectivity index (χ1n) is 7.84. The molecule has 0 saturated carbocycles. The lowest BCUT2D eigenvalue weighted by atomic mass is 9.99. The molecule has 23 heavy (non-hydrogen) atoms. The average molecular weight is 322 g/mol. The molecule has 1 rings (SSSR count). The van der Waals surface area contributed by atoms with Crippen LogP contribution in [0.4, 0.5) is 0 Å². The van der Waals surface area contributed by atoms with Crippen LogP contribution in [0.25, 0.3) is 0 Å². The molecule has 0 saturated heterocycles. The fourth-order valence-corrected chi connectivity index (χ4v) is 2.28. The topological polar surface area (TPSA) is 87.7 Å². The molecule has 0 aliphatic carbocycles. The number of para-hydroxylation sites is 1. The van der Waals surface area contributed by atoms with Crippen molar-refractivity contribution in [3.8, 4) is 5.75 Å². The van der Waals surface area contributed by atoms with E-state index >= 15 is 0 Å². The summed E-state index contributed by atoms with van der Waals surface area (Å²) in [5.74, 6) is -0.382. The largest absolute Gasteiger partial charge is 0.496 e. The Bertz CT molecular complexity index is 519. The lowest BCUT2D eigenvalue weighted by Crippen LogP contribution is -2.46. The number of carboxylic acid groups (broad SMARTS) is 1. The van der Waals surface area contributed by atoms with Gasteiger partial charge in [0, 0.05) is 6.54 Å². The minimum absolute atomic E-state index is 0.00672. The van der Waals surface area contributed by atoms with Crippen molar-refractivity contribution in [2.24, 2.45) is 5.92 Å². The zero-order valence-corrected chi connectivity index (χ0v) is 14.0. The highest BCUT2D eigenvalue weighted by Gasteiger charge is 2.23. The van der Waals surface area contributed by atoms with Gasteiger partial charge in [-0.25, -0.2) is 0 Å². The second-order valence-electron chi connectivity index (χ2n) is 5.49. The minimum Gasteiger partial charge on any atom is -0.496 e. The number of benzene rings is 1. The number of ether oxygens (including phenoxy) is 1. The lowest BCUT2D eigenvalue weighted by molar-refractivity contribution is -0.140. The summed E-state index contributed by atoms with van der Waals surface area (Å²) in [5.41, 5.74) is 1.02. The van der Waals surface area contributed by atoms with Crippen LogP contribution in [0, 0.1) is 5.92 Å². The average Bonchev–Trinajstić information content (AvgIpc) is 2.54. The summed E-state index contributed by atoms with van der Waals surface area (Å²) in [6, 6.07) is 6.94. The van der Waals surface area contributed by atoms with E-state index in [9.17, 15) is 9.59 Å². The molecule has 0 fully saturated rings. The summed E-state index contributed by atoms with van der Waals surface area (Å²) >= 11 is 0. The van der Waals surface area contributed by atoms with Crippen LogP contribution in [-0.2, 0) is 16.0 Å². The van der Waals surface area contributed by atoms with E-state index in [-0.39, 0.29) is 18.4 Å². The van der Waals surface area contributed by atoms with Crippen LogP contribution < -0.4 is 15.4 Å². The van der Waals surface area contributed by atoms with Gasteiger partial charge in [0.2, 0.25) is 5.91 Å². The number of aliphatic carboxylic acids is 1. The predicted molar refractivity (Wildman–Crippen MR) is 88.6 cm³/mol. The minimum atomic E-state index is -0.929. The molecule has 0 unspecified atom stereocenters. The number of carbonyl (C=O) groups is 2. The smallest absolute Gasteiger partial charge is 0.320 e. The number of hydrogen-bond donors (Lipinski definition) is 3. The number of hydrogen-bond acceptors (Lipinski definition) is 4. The number of carboxylic acids is 1. The Balaban J connectivity index is 2.38. The molecule has 1 aromatic rings. The van der Waals surface area contributed by atoms with Gasteiger partial charge in [-0.2, -0.15) is 0 Å². The Hall–Kier alpha value is -2.08. The maximum absolute atomic E-state index is 11.8. The first-order valence-corrected chi connectivity index (χ1v) is 7.84. The highest BCUT2D eigenvalue weighted by atomic mass is 16.5. The molecule has 128 valence electrons. The molecular weight excluding hydrogens is 296 g/mol. The molecule has 0 aromatic heterocycles. The van der Waals surface area contributed by atoms with Crippen LogP contribution in [0.15, 0.2) is 24.3 Å². The SMILES string of the molecule is CC[C@H](C)[C@H](NCC(=O)NCCc1ccccc1OC)C(=O)O. The van der Waals surface area contributed by atoms with Crippen molar-refractivity contribution in [2.75, 3.05) is 20.2 Å². The third-order valence-corrected chi connectivity index (χ3v) is 3.87. The Labute approximate surface area is 137 Å². The van der Waals surface area contributed by atoms with Crippen molar-refractivity contribution in [2.45, 2.75) is 32.7 Å². The van der Waals surface area contributed by atoms with Crippen molar-refractivity contribution in [1.82, 2.24) is 10.6 Å². The zero-order chi connectivity index (χ0) is 17.2. The number of nitrogens with one attached hydrogen (secondary N) is 2. The maximum atomic E-state index is 11.8. The molecule has 0 radical (unpaired) electrons. The van der Waals surface area contributed by atoms with E-state index in [2.05, 4.69) is 10.6 Å². The summed E-state index contributed by atoms with van der Waals surface area (Å²) in [6.07, 6.45) is 1.39. The maximum Gasteiger partial charge on any atom is 0.320 e. The summed E-state index contributed by atoms with van der Waals surface area (Å²) in [4.78, 5) is 23.0. The monoisotopic (exact) mass is 322 g/mol. The van der Waals surface area contributed by atoms with Gasteiger partial charge in [0.05, 0.1) is 13.7 Å². The summed E-state index contributed by atoms with van der Waals surface area (Å²) in [6.45, 7) is 4.25. The predicted octanol–water partition coefficient (Wildman–Crippen LogP) is 1.44. The van der Waals surface area contributed by atoms with E-state index in [1.807, 2.05) is 38.1 Å². The highest BCUT2D eigenvalue weighted by molar-refractivity contribution is 5.80. The molecule has 1 aromatic carbocycles. The second-order valence-corrected chi connectivity index (χ2v) is 5.49. The number of amides is 1. The molecule has 2 atom stereocenters. The van der Waals surface area contributed by atoms with Crippen LogP contribution in [0.3, 0.4) is 0 Å². The van der Waals surface area contributed by atoms with Gasteiger partial charge in [-0.15, -0.1) is 0 Å². The van der Waals surface area contributed by atoms with Gasteiger partial charge in [-0.3, -0.25) is 14.9 Å². The van der Waals surface area contributed by atoms with Gasteiger partial charge in [0.15, 0.2) is 0 Å². The van der Waals surface area contributed by atoms with Crippen molar-refractivity contribution in [3.63, 3.8) is 0 Å². The quantitative estimate of drug-likeness (QED) is 0.607. The first-order chi connectivity index (χ1) is 11.0. The molecule has 0 heterocycles. The van der Waals surface area contributed by atoms with E-state index in [4.69, 9.17) is 9.84 Å². The summed E-state index contributed by atoms with van der Waals surface area (Å²) < 4.78 is 5.26. The van der Waals surface area contributed by atoms with Gasteiger partial charge in [-0.05, 0) is 24.0 Å². The first kappa shape index (κ1) is 19.0. The van der Waals surface area contributed by atoms with Crippen molar-refractivity contribution < 1.29 is 19.4 Å². The third-order valence-electron chi connectivity index (χ3n) is 3.87. The van der Waals surface area contributed by atoms with Gasteiger partial charge in [0.25, 0.3) is 0 Å². The Kier molecular flexibility index (Phi) is 8.11. The summed E-state index contributed by atoms with van der Waals surface area (Å²) in [5, 5.41) is 14.8. The van der Waals surface area contributed by atoms with Crippen LogP contribution in [0.1, 0.15) is 25.8 Å². The normalized spacial score (nSPS) is 13.2. The molecule has 0 spiro atoms. The van der Waals surface area contributed by atoms with Gasteiger partial charge >= 0.3 is 5.97 Å². The van der Waals surface area contributed by atoms with Crippen LogP contribution in [0.5, 0.6) is 5.75 Å². The fraction of sp³-hybridized carbons (Fsp3) is 0.529. The molecule has 0 aliphatic rings. The highest BCUT2D eigenvalue weighted by Crippen LogP contribution is 2.17. The number of methoxy groups -OCH3 is 1. The van der Waals surface area contributed by atoms with Crippen LogP contribution >= 0.6 is 0 Å².